The summed E-state index contributed by atoms with van der Waals surface area (Å²) < 4.78 is 39.8. The predicted octanol–water partition coefficient (Wildman–Crippen LogP) is 3.34. The van der Waals surface area contributed by atoms with Crippen molar-refractivity contribution in [1.82, 2.24) is 10.2 Å². The Balaban J connectivity index is 2.30. The standard InChI is InChI=1S/C9H5ClF3N3OS/c10-5-3-4(7-15-16-8(14)18-7)1-2-6(5)17-9(11,12)13/h1-3H,(H2,14,16). The van der Waals surface area contributed by atoms with Gasteiger partial charge in [-0.2, -0.15) is 0 Å². The van der Waals surface area contributed by atoms with E-state index in [1.54, 1.807) is 0 Å². The molecule has 0 saturated heterocycles. The Morgan fingerprint density at radius 1 is 1.28 bits per heavy atom. The summed E-state index contributed by atoms with van der Waals surface area (Å²) in [4.78, 5) is 0. The number of alkyl halides is 3. The number of hydrogen-bond donors (Lipinski definition) is 1. The molecule has 2 rings (SSSR count). The molecule has 0 fully saturated rings. The van der Waals surface area contributed by atoms with Crippen LogP contribution in [0.25, 0.3) is 10.6 Å². The molecule has 2 aromatic rings. The smallest absolute Gasteiger partial charge is 0.404 e. The Labute approximate surface area is 108 Å². The summed E-state index contributed by atoms with van der Waals surface area (Å²) in [6, 6.07) is 3.82. The van der Waals surface area contributed by atoms with E-state index in [1.807, 2.05) is 0 Å². The Morgan fingerprint density at radius 3 is 2.50 bits per heavy atom. The molecule has 18 heavy (non-hydrogen) atoms. The van der Waals surface area contributed by atoms with E-state index in [2.05, 4.69) is 14.9 Å². The van der Waals surface area contributed by atoms with Gasteiger partial charge < -0.3 is 10.5 Å². The zero-order chi connectivity index (χ0) is 13.3. The van der Waals surface area contributed by atoms with Gasteiger partial charge in [-0.1, -0.05) is 22.9 Å². The van der Waals surface area contributed by atoms with Crippen LogP contribution in [-0.2, 0) is 0 Å². The van der Waals surface area contributed by atoms with Crippen LogP contribution in [0.1, 0.15) is 0 Å². The van der Waals surface area contributed by atoms with Gasteiger partial charge >= 0.3 is 6.36 Å². The first-order valence-electron chi connectivity index (χ1n) is 4.50. The highest BCUT2D eigenvalue weighted by Crippen LogP contribution is 2.34. The van der Waals surface area contributed by atoms with Gasteiger partial charge in [-0.05, 0) is 18.2 Å². The van der Waals surface area contributed by atoms with Crippen LogP contribution in [0.5, 0.6) is 5.75 Å². The summed E-state index contributed by atoms with van der Waals surface area (Å²) in [6.45, 7) is 0. The summed E-state index contributed by atoms with van der Waals surface area (Å²) >= 11 is 6.79. The van der Waals surface area contributed by atoms with Crippen LogP contribution in [0.2, 0.25) is 5.02 Å². The van der Waals surface area contributed by atoms with Crippen LogP contribution in [0.3, 0.4) is 0 Å². The summed E-state index contributed by atoms with van der Waals surface area (Å²) in [5, 5.41) is 7.91. The van der Waals surface area contributed by atoms with E-state index in [0.29, 0.717) is 10.6 Å². The molecule has 0 radical (unpaired) electrons. The fourth-order valence-corrected chi connectivity index (χ4v) is 2.02. The van der Waals surface area contributed by atoms with Gasteiger partial charge in [0.25, 0.3) is 0 Å². The number of aromatic nitrogens is 2. The molecule has 0 aliphatic rings. The molecule has 0 atom stereocenters. The average molecular weight is 296 g/mol. The van der Waals surface area contributed by atoms with Crippen molar-refractivity contribution in [2.24, 2.45) is 0 Å². The number of halogens is 4. The lowest BCUT2D eigenvalue weighted by atomic mass is 10.2. The van der Waals surface area contributed by atoms with E-state index in [4.69, 9.17) is 17.3 Å². The third kappa shape index (κ3) is 3.02. The molecule has 0 aliphatic heterocycles. The van der Waals surface area contributed by atoms with Gasteiger partial charge in [-0.25, -0.2) is 0 Å². The molecule has 1 heterocycles. The lowest BCUT2D eigenvalue weighted by molar-refractivity contribution is -0.274. The van der Waals surface area contributed by atoms with E-state index < -0.39 is 12.1 Å². The molecule has 2 N–H and O–H groups in total. The van der Waals surface area contributed by atoms with Gasteiger partial charge in [-0.15, -0.1) is 23.4 Å². The van der Waals surface area contributed by atoms with Crippen LogP contribution in [-0.4, -0.2) is 16.6 Å². The predicted molar refractivity (Wildman–Crippen MR) is 61.5 cm³/mol. The quantitative estimate of drug-likeness (QED) is 0.923. The number of nitrogen functional groups attached to an aromatic ring is 1. The van der Waals surface area contributed by atoms with E-state index in [1.165, 1.54) is 12.1 Å². The zero-order valence-electron chi connectivity index (χ0n) is 8.53. The first kappa shape index (κ1) is 12.9. The summed E-state index contributed by atoms with van der Waals surface area (Å²) in [5.74, 6) is -0.467. The molecule has 0 saturated carbocycles. The van der Waals surface area contributed by atoms with Crippen molar-refractivity contribution in [3.8, 4) is 16.3 Å². The first-order chi connectivity index (χ1) is 8.35. The first-order valence-corrected chi connectivity index (χ1v) is 5.69. The summed E-state index contributed by atoms with van der Waals surface area (Å²) in [6.07, 6.45) is -4.78. The second-order valence-electron chi connectivity index (χ2n) is 3.14. The minimum absolute atomic E-state index is 0.168. The largest absolute Gasteiger partial charge is 0.573 e. The van der Waals surface area contributed by atoms with Crippen LogP contribution in [0.4, 0.5) is 18.3 Å². The summed E-state index contributed by atoms with van der Waals surface area (Å²) in [5.41, 5.74) is 5.92. The van der Waals surface area contributed by atoms with Gasteiger partial charge in [0.2, 0.25) is 5.13 Å². The van der Waals surface area contributed by atoms with Crippen molar-refractivity contribution in [1.29, 1.82) is 0 Å². The average Bonchev–Trinajstić information content (AvgIpc) is 2.66. The Hall–Kier alpha value is -1.54. The van der Waals surface area contributed by atoms with Crippen LogP contribution >= 0.6 is 22.9 Å². The van der Waals surface area contributed by atoms with Gasteiger partial charge in [-0.3, -0.25) is 0 Å². The topological polar surface area (TPSA) is 61.0 Å². The van der Waals surface area contributed by atoms with Crippen molar-refractivity contribution in [2.45, 2.75) is 6.36 Å². The molecule has 0 unspecified atom stereocenters. The maximum Gasteiger partial charge on any atom is 0.573 e. The SMILES string of the molecule is Nc1nnc(-c2ccc(OC(F)(F)F)c(Cl)c2)s1. The highest BCUT2D eigenvalue weighted by molar-refractivity contribution is 7.18. The third-order valence-electron chi connectivity index (χ3n) is 1.85. The minimum atomic E-state index is -4.78. The molecule has 0 bridgehead atoms. The van der Waals surface area contributed by atoms with E-state index in [9.17, 15) is 13.2 Å². The molecular weight excluding hydrogens is 291 g/mol. The molecule has 9 heteroatoms. The number of nitrogens with two attached hydrogens (primary N) is 1. The van der Waals surface area contributed by atoms with Crippen molar-refractivity contribution in [3.63, 3.8) is 0 Å². The zero-order valence-corrected chi connectivity index (χ0v) is 10.1. The van der Waals surface area contributed by atoms with Gasteiger partial charge in [0.1, 0.15) is 10.8 Å². The molecule has 0 aliphatic carbocycles. The normalized spacial score (nSPS) is 11.6. The number of ether oxygens (including phenoxy) is 1. The molecule has 1 aromatic carbocycles. The fourth-order valence-electron chi connectivity index (χ4n) is 1.19. The number of anilines is 1. The van der Waals surface area contributed by atoms with Crippen molar-refractivity contribution < 1.29 is 17.9 Å². The number of rotatable bonds is 2. The van der Waals surface area contributed by atoms with E-state index in [0.717, 1.165) is 17.4 Å². The van der Waals surface area contributed by atoms with Crippen molar-refractivity contribution in [2.75, 3.05) is 5.73 Å². The minimum Gasteiger partial charge on any atom is -0.404 e. The fraction of sp³-hybridized carbons (Fsp3) is 0.111. The Kier molecular flexibility index (Phi) is 3.31. The van der Waals surface area contributed by atoms with Crippen LogP contribution in [0.15, 0.2) is 18.2 Å². The van der Waals surface area contributed by atoms with Crippen molar-refractivity contribution >= 4 is 28.1 Å². The maximum atomic E-state index is 12.0. The third-order valence-corrected chi connectivity index (χ3v) is 2.94. The van der Waals surface area contributed by atoms with Crippen LogP contribution in [0, 0.1) is 0 Å². The van der Waals surface area contributed by atoms with Gasteiger partial charge in [0, 0.05) is 5.56 Å². The van der Waals surface area contributed by atoms with E-state index in [-0.39, 0.29) is 10.2 Å². The Morgan fingerprint density at radius 2 is 2.00 bits per heavy atom. The number of hydrogen-bond acceptors (Lipinski definition) is 5. The molecule has 1 aromatic heterocycles. The van der Waals surface area contributed by atoms with Gasteiger partial charge in [0.05, 0.1) is 5.02 Å². The lowest BCUT2D eigenvalue weighted by Crippen LogP contribution is -2.17. The molecule has 4 nitrogen and oxygen atoms in total. The molecule has 0 amide bonds. The molecular formula is C9H5ClF3N3OS. The number of benzene rings is 1. The monoisotopic (exact) mass is 295 g/mol. The molecule has 0 spiro atoms. The molecule has 96 valence electrons. The Bertz CT molecular complexity index is 572. The second kappa shape index (κ2) is 4.62. The lowest BCUT2D eigenvalue weighted by Gasteiger charge is -2.10. The highest BCUT2D eigenvalue weighted by atomic mass is 35.5. The van der Waals surface area contributed by atoms with Crippen molar-refractivity contribution in [3.05, 3.63) is 23.2 Å². The van der Waals surface area contributed by atoms with E-state index >= 15 is 0 Å². The summed E-state index contributed by atoms with van der Waals surface area (Å²) in [7, 11) is 0. The second-order valence-corrected chi connectivity index (χ2v) is 4.55. The van der Waals surface area contributed by atoms with Gasteiger partial charge in [0.15, 0.2) is 0 Å². The maximum absolute atomic E-state index is 12.0. The highest BCUT2D eigenvalue weighted by Gasteiger charge is 2.32. The van der Waals surface area contributed by atoms with Crippen LogP contribution < -0.4 is 10.5 Å². The number of nitrogens with zero attached hydrogens (tertiary/aromatic N) is 2.